The molecule has 2 rings (SSSR count). The van der Waals surface area contributed by atoms with E-state index in [0.29, 0.717) is 0 Å². The third-order valence-corrected chi connectivity index (χ3v) is 1.45. The molecular formula is C8H7BrN2. The predicted octanol–water partition coefficient (Wildman–Crippen LogP) is -1.95. The van der Waals surface area contributed by atoms with Crippen LogP contribution in [0.25, 0.3) is 10.9 Å². The Balaban J connectivity index is 0.000000605. The van der Waals surface area contributed by atoms with Crippen LogP contribution in [-0.2, 0) is 0 Å². The van der Waals surface area contributed by atoms with Crippen LogP contribution in [0.3, 0.4) is 0 Å². The summed E-state index contributed by atoms with van der Waals surface area (Å²) in [6, 6.07) is 5.97. The first kappa shape index (κ1) is 8.14. The van der Waals surface area contributed by atoms with Gasteiger partial charge in [0.05, 0.1) is 0 Å². The summed E-state index contributed by atoms with van der Waals surface area (Å²) in [6.45, 7) is 0. The van der Waals surface area contributed by atoms with Crippen molar-refractivity contribution in [3.05, 3.63) is 36.8 Å². The number of hydrogen-bond donors (Lipinski definition) is 0. The van der Waals surface area contributed by atoms with Gasteiger partial charge in [0.15, 0.2) is 12.4 Å². The minimum Gasteiger partial charge on any atom is -1.00 e. The van der Waals surface area contributed by atoms with E-state index in [2.05, 4.69) is 9.97 Å². The molecule has 2 aromatic heterocycles. The zero-order chi connectivity index (χ0) is 6.81. The van der Waals surface area contributed by atoms with Crippen molar-refractivity contribution in [1.82, 2.24) is 4.98 Å². The molecule has 0 aliphatic heterocycles. The van der Waals surface area contributed by atoms with Crippen LogP contribution in [0.1, 0.15) is 0 Å². The summed E-state index contributed by atoms with van der Waals surface area (Å²) in [5.74, 6) is 0. The molecule has 0 saturated carbocycles. The zero-order valence-corrected chi connectivity index (χ0v) is 7.38. The Kier molecular flexibility index (Phi) is 2.54. The second-order valence-corrected chi connectivity index (χ2v) is 2.12. The lowest BCUT2D eigenvalue weighted by Crippen LogP contribution is -3.00. The molecule has 3 heteroatoms. The molecule has 0 aromatic carbocycles. The van der Waals surface area contributed by atoms with E-state index in [1.807, 2.05) is 30.6 Å². The van der Waals surface area contributed by atoms with Gasteiger partial charge in [-0.25, -0.2) is 9.97 Å². The van der Waals surface area contributed by atoms with Gasteiger partial charge in [-0.1, -0.05) is 6.07 Å². The Hall–Kier alpha value is -0.960. The monoisotopic (exact) mass is 210 g/mol. The standard InChI is InChI=1S/C8H6N2.BrH/c1-2-7-3-5-9-6-8(7)10-4-1;/h1-6H;1H. The molecule has 0 atom stereocenters. The van der Waals surface area contributed by atoms with Crippen LogP contribution in [-0.4, -0.2) is 4.98 Å². The van der Waals surface area contributed by atoms with Gasteiger partial charge in [-0.15, -0.1) is 0 Å². The molecule has 56 valence electrons. The number of H-pyrrole nitrogens is 1. The Morgan fingerprint density at radius 1 is 1.27 bits per heavy atom. The van der Waals surface area contributed by atoms with Crippen LogP contribution in [0.15, 0.2) is 36.8 Å². The molecule has 0 saturated heterocycles. The molecule has 0 aliphatic rings. The molecule has 0 aliphatic carbocycles. The first-order valence-corrected chi connectivity index (χ1v) is 3.18. The lowest BCUT2D eigenvalue weighted by atomic mass is 10.3. The summed E-state index contributed by atoms with van der Waals surface area (Å²) in [5.41, 5.74) is 1.00. The smallest absolute Gasteiger partial charge is 0.193 e. The summed E-state index contributed by atoms with van der Waals surface area (Å²) >= 11 is 0. The highest BCUT2D eigenvalue weighted by Gasteiger charge is 1.91. The van der Waals surface area contributed by atoms with Crippen LogP contribution < -0.4 is 22.0 Å². The highest BCUT2D eigenvalue weighted by atomic mass is 79.9. The van der Waals surface area contributed by atoms with Crippen molar-refractivity contribution in [3.8, 4) is 0 Å². The highest BCUT2D eigenvalue weighted by molar-refractivity contribution is 5.75. The van der Waals surface area contributed by atoms with Crippen LogP contribution in [0.4, 0.5) is 0 Å². The summed E-state index contributed by atoms with van der Waals surface area (Å²) < 4.78 is 0. The molecule has 0 amide bonds. The second kappa shape index (κ2) is 3.44. The summed E-state index contributed by atoms with van der Waals surface area (Å²) in [5, 5.41) is 1.17. The van der Waals surface area contributed by atoms with E-state index in [1.165, 1.54) is 5.39 Å². The van der Waals surface area contributed by atoms with Gasteiger partial charge in [0.1, 0.15) is 5.52 Å². The fraction of sp³-hybridized carbons (Fsp3) is 0. The summed E-state index contributed by atoms with van der Waals surface area (Å²) in [7, 11) is 0. The highest BCUT2D eigenvalue weighted by Crippen LogP contribution is 2.04. The van der Waals surface area contributed by atoms with Gasteiger partial charge in [-0.3, -0.25) is 0 Å². The molecule has 0 radical (unpaired) electrons. The van der Waals surface area contributed by atoms with Gasteiger partial charge in [-0.2, -0.15) is 0 Å². The maximum Gasteiger partial charge on any atom is 0.193 e. The number of fused-ring (bicyclic) bond motifs is 1. The number of aromatic amines is 1. The Bertz CT molecular complexity index is 283. The fourth-order valence-electron chi connectivity index (χ4n) is 0.956. The molecular weight excluding hydrogens is 204 g/mol. The van der Waals surface area contributed by atoms with Crippen LogP contribution in [0.5, 0.6) is 0 Å². The second-order valence-electron chi connectivity index (χ2n) is 2.12. The zero-order valence-electron chi connectivity index (χ0n) is 5.79. The maximum atomic E-state index is 4.15. The minimum absolute atomic E-state index is 0. The van der Waals surface area contributed by atoms with Crippen molar-refractivity contribution in [2.75, 3.05) is 0 Å². The first-order chi connectivity index (χ1) is 4.97. The van der Waals surface area contributed by atoms with Crippen molar-refractivity contribution in [3.63, 3.8) is 0 Å². The lowest BCUT2D eigenvalue weighted by Gasteiger charge is -1.87. The predicted molar refractivity (Wildman–Crippen MR) is 38.3 cm³/mol. The Morgan fingerprint density at radius 2 is 2.18 bits per heavy atom. The molecule has 2 nitrogen and oxygen atoms in total. The molecule has 0 spiro atoms. The van der Waals surface area contributed by atoms with Gasteiger partial charge in [0, 0.05) is 17.6 Å². The average Bonchev–Trinajstić information content (AvgIpc) is 2.05. The first-order valence-electron chi connectivity index (χ1n) is 3.18. The lowest BCUT2D eigenvalue weighted by molar-refractivity contribution is -0.376. The number of nitrogens with one attached hydrogen (secondary N) is 1. The fourth-order valence-corrected chi connectivity index (χ4v) is 0.956. The van der Waals surface area contributed by atoms with Crippen LogP contribution >= 0.6 is 0 Å². The number of halogens is 1. The number of pyridine rings is 2. The minimum atomic E-state index is 0. The largest absolute Gasteiger partial charge is 1.00 e. The SMILES string of the molecule is [Br-].c1cnc2c[nH+]ccc2c1. The van der Waals surface area contributed by atoms with E-state index in [1.54, 1.807) is 6.20 Å². The molecule has 2 heterocycles. The Labute approximate surface area is 75.1 Å². The summed E-state index contributed by atoms with van der Waals surface area (Å²) in [4.78, 5) is 7.12. The van der Waals surface area contributed by atoms with Gasteiger partial charge in [0.2, 0.25) is 0 Å². The van der Waals surface area contributed by atoms with E-state index in [0.717, 1.165) is 5.52 Å². The van der Waals surface area contributed by atoms with Crippen molar-refractivity contribution < 1.29 is 22.0 Å². The molecule has 0 unspecified atom stereocenters. The van der Waals surface area contributed by atoms with Gasteiger partial charge in [-0.05, 0) is 6.07 Å². The third-order valence-electron chi connectivity index (χ3n) is 1.45. The average molecular weight is 211 g/mol. The quantitative estimate of drug-likeness (QED) is 0.497. The molecule has 0 bridgehead atoms. The number of rotatable bonds is 0. The maximum absolute atomic E-state index is 4.15. The molecule has 2 aromatic rings. The third kappa shape index (κ3) is 1.54. The van der Waals surface area contributed by atoms with Gasteiger partial charge >= 0.3 is 0 Å². The van der Waals surface area contributed by atoms with Crippen molar-refractivity contribution in [1.29, 1.82) is 0 Å². The van der Waals surface area contributed by atoms with Crippen molar-refractivity contribution in [2.45, 2.75) is 0 Å². The molecule has 11 heavy (non-hydrogen) atoms. The summed E-state index contributed by atoms with van der Waals surface area (Å²) in [6.07, 6.45) is 5.56. The topological polar surface area (TPSA) is 27.0 Å². The van der Waals surface area contributed by atoms with Gasteiger partial charge < -0.3 is 17.0 Å². The van der Waals surface area contributed by atoms with Crippen LogP contribution in [0, 0.1) is 0 Å². The van der Waals surface area contributed by atoms with E-state index in [-0.39, 0.29) is 17.0 Å². The number of hydrogen-bond acceptors (Lipinski definition) is 1. The molecule has 1 N–H and O–H groups in total. The number of aromatic nitrogens is 2. The van der Waals surface area contributed by atoms with Gasteiger partial charge in [0.25, 0.3) is 0 Å². The van der Waals surface area contributed by atoms with E-state index < -0.39 is 0 Å². The van der Waals surface area contributed by atoms with E-state index in [4.69, 9.17) is 0 Å². The number of nitrogens with zero attached hydrogens (tertiary/aromatic N) is 1. The van der Waals surface area contributed by atoms with Crippen molar-refractivity contribution in [2.24, 2.45) is 0 Å². The van der Waals surface area contributed by atoms with E-state index >= 15 is 0 Å². The van der Waals surface area contributed by atoms with Crippen LogP contribution in [0.2, 0.25) is 0 Å². The normalized spacial score (nSPS) is 9.09. The van der Waals surface area contributed by atoms with Crippen molar-refractivity contribution >= 4 is 10.9 Å². The van der Waals surface area contributed by atoms with E-state index in [9.17, 15) is 0 Å². The Morgan fingerprint density at radius 3 is 3.00 bits per heavy atom. The molecule has 0 fully saturated rings.